The fourth-order valence-corrected chi connectivity index (χ4v) is 2.13. The van der Waals surface area contributed by atoms with Crippen LogP contribution in [-0.2, 0) is 4.79 Å². The van der Waals surface area contributed by atoms with E-state index >= 15 is 0 Å². The highest BCUT2D eigenvalue weighted by Crippen LogP contribution is 2.30. The number of halogens is 1. The highest BCUT2D eigenvalue weighted by molar-refractivity contribution is 6.35. The third-order valence-corrected chi connectivity index (χ3v) is 4.05. The minimum Gasteiger partial charge on any atom is -0.329 e. The first-order chi connectivity index (χ1) is 9.51. The molecule has 1 atom stereocenters. The number of aromatic nitrogens is 1. The Morgan fingerprint density at radius 3 is 2.85 bits per heavy atom. The maximum atomic E-state index is 12.4. The van der Waals surface area contributed by atoms with Gasteiger partial charge in [-0.2, -0.15) is 0 Å². The monoisotopic (exact) mass is 291 g/mol. The second-order valence-corrected chi connectivity index (χ2v) is 5.47. The minimum atomic E-state index is -0.575. The van der Waals surface area contributed by atoms with Gasteiger partial charge in [0.1, 0.15) is 0 Å². The summed E-state index contributed by atoms with van der Waals surface area (Å²) in [4.78, 5) is 16.6. The van der Waals surface area contributed by atoms with Crippen molar-refractivity contribution in [1.82, 2.24) is 4.98 Å². The van der Waals surface area contributed by atoms with Gasteiger partial charge in [-0.1, -0.05) is 18.5 Å². The van der Waals surface area contributed by atoms with Gasteiger partial charge in [-0.3, -0.25) is 9.78 Å². The molecule has 3 N–H and O–H groups in total. The van der Waals surface area contributed by atoms with Crippen molar-refractivity contribution in [2.24, 2.45) is 11.1 Å². The van der Waals surface area contributed by atoms with Crippen LogP contribution in [0.4, 0.5) is 5.69 Å². The van der Waals surface area contributed by atoms with E-state index < -0.39 is 5.41 Å². The highest BCUT2D eigenvalue weighted by atomic mass is 35.5. The molecule has 0 aliphatic rings. The number of rotatable bonds is 4. The molecule has 0 bridgehead atoms. The number of pyridine rings is 1. The van der Waals surface area contributed by atoms with Gasteiger partial charge in [-0.05, 0) is 37.6 Å². The molecule has 20 heavy (non-hydrogen) atoms. The number of fused-ring (bicyclic) bond motifs is 1. The van der Waals surface area contributed by atoms with Gasteiger partial charge in [0.15, 0.2) is 0 Å². The number of hydrogen-bond acceptors (Lipinski definition) is 3. The van der Waals surface area contributed by atoms with E-state index in [0.717, 1.165) is 5.39 Å². The SMILES string of the molecule is CCC(C)(CN)C(=O)Nc1ccc(Cl)c2ncccc12. The third-order valence-electron chi connectivity index (χ3n) is 3.75. The topological polar surface area (TPSA) is 68.0 Å². The molecule has 1 aromatic heterocycles. The summed E-state index contributed by atoms with van der Waals surface area (Å²) >= 11 is 6.11. The number of nitrogens with one attached hydrogen (secondary N) is 1. The van der Waals surface area contributed by atoms with Crippen LogP contribution in [-0.4, -0.2) is 17.4 Å². The number of anilines is 1. The standard InChI is InChI=1S/C15H18ClN3O/c1-3-15(2,9-17)14(20)19-12-7-6-11(16)13-10(12)5-4-8-18-13/h4-8H,3,9,17H2,1-2H3,(H,19,20). The number of carbonyl (C=O) groups is 1. The van der Waals surface area contributed by atoms with E-state index in [1.165, 1.54) is 0 Å². The molecule has 1 unspecified atom stereocenters. The van der Waals surface area contributed by atoms with Gasteiger partial charge in [0, 0.05) is 18.1 Å². The van der Waals surface area contributed by atoms with E-state index in [2.05, 4.69) is 10.3 Å². The molecule has 1 amide bonds. The van der Waals surface area contributed by atoms with Crippen LogP contribution in [0.25, 0.3) is 10.9 Å². The summed E-state index contributed by atoms with van der Waals surface area (Å²) < 4.78 is 0. The summed E-state index contributed by atoms with van der Waals surface area (Å²) in [5.41, 5.74) is 6.52. The van der Waals surface area contributed by atoms with Crippen molar-refractivity contribution in [1.29, 1.82) is 0 Å². The van der Waals surface area contributed by atoms with Crippen LogP contribution in [0.5, 0.6) is 0 Å². The van der Waals surface area contributed by atoms with E-state index in [1.807, 2.05) is 26.0 Å². The molecule has 0 radical (unpaired) electrons. The lowest BCUT2D eigenvalue weighted by Crippen LogP contribution is -2.39. The van der Waals surface area contributed by atoms with E-state index in [0.29, 0.717) is 29.2 Å². The molecular weight excluding hydrogens is 274 g/mol. The lowest BCUT2D eigenvalue weighted by atomic mass is 9.86. The zero-order valence-electron chi connectivity index (χ0n) is 11.6. The average Bonchev–Trinajstić information content (AvgIpc) is 2.49. The Morgan fingerprint density at radius 1 is 1.45 bits per heavy atom. The van der Waals surface area contributed by atoms with Crippen molar-refractivity contribution in [3.05, 3.63) is 35.5 Å². The molecule has 106 valence electrons. The smallest absolute Gasteiger partial charge is 0.231 e. The van der Waals surface area contributed by atoms with Crippen LogP contribution in [0.1, 0.15) is 20.3 Å². The lowest BCUT2D eigenvalue weighted by Gasteiger charge is -2.25. The summed E-state index contributed by atoms with van der Waals surface area (Å²) in [7, 11) is 0. The highest BCUT2D eigenvalue weighted by Gasteiger charge is 2.30. The van der Waals surface area contributed by atoms with Gasteiger partial charge in [0.25, 0.3) is 0 Å². The van der Waals surface area contributed by atoms with Crippen LogP contribution in [0.3, 0.4) is 0 Å². The average molecular weight is 292 g/mol. The second kappa shape index (κ2) is 5.77. The van der Waals surface area contributed by atoms with E-state index in [4.69, 9.17) is 17.3 Å². The van der Waals surface area contributed by atoms with Crippen molar-refractivity contribution >= 4 is 34.1 Å². The number of carbonyl (C=O) groups excluding carboxylic acids is 1. The van der Waals surface area contributed by atoms with Crippen LogP contribution in [0.15, 0.2) is 30.5 Å². The van der Waals surface area contributed by atoms with Crippen molar-refractivity contribution in [3.63, 3.8) is 0 Å². The maximum absolute atomic E-state index is 12.4. The van der Waals surface area contributed by atoms with Crippen LogP contribution in [0.2, 0.25) is 5.02 Å². The summed E-state index contributed by atoms with van der Waals surface area (Å²) in [5.74, 6) is -0.0880. The zero-order chi connectivity index (χ0) is 14.8. The van der Waals surface area contributed by atoms with Gasteiger partial charge < -0.3 is 11.1 Å². The molecule has 1 aromatic carbocycles. The summed E-state index contributed by atoms with van der Waals surface area (Å²) in [6.45, 7) is 4.12. The van der Waals surface area contributed by atoms with Crippen molar-refractivity contribution in [2.45, 2.75) is 20.3 Å². The van der Waals surface area contributed by atoms with E-state index in [1.54, 1.807) is 18.3 Å². The fourth-order valence-electron chi connectivity index (χ4n) is 1.92. The van der Waals surface area contributed by atoms with E-state index in [9.17, 15) is 4.79 Å². The largest absolute Gasteiger partial charge is 0.329 e. The maximum Gasteiger partial charge on any atom is 0.231 e. The second-order valence-electron chi connectivity index (χ2n) is 5.07. The van der Waals surface area contributed by atoms with Crippen LogP contribution < -0.4 is 11.1 Å². The number of nitrogens with zero attached hydrogens (tertiary/aromatic N) is 1. The normalized spacial score (nSPS) is 14.0. The molecule has 0 saturated carbocycles. The number of benzene rings is 1. The van der Waals surface area contributed by atoms with Crippen LogP contribution >= 0.6 is 11.6 Å². The Hall–Kier alpha value is -1.65. The summed E-state index contributed by atoms with van der Waals surface area (Å²) in [6, 6.07) is 7.22. The van der Waals surface area contributed by atoms with Gasteiger partial charge in [0.2, 0.25) is 5.91 Å². The van der Waals surface area contributed by atoms with Crippen LogP contribution in [0, 0.1) is 5.41 Å². The molecule has 2 aromatic rings. The summed E-state index contributed by atoms with van der Waals surface area (Å²) in [6.07, 6.45) is 2.36. The van der Waals surface area contributed by atoms with Gasteiger partial charge in [-0.25, -0.2) is 0 Å². The quantitative estimate of drug-likeness (QED) is 0.909. The molecular formula is C15H18ClN3O. The molecule has 1 heterocycles. The number of nitrogens with two attached hydrogens (primary N) is 1. The molecule has 0 saturated heterocycles. The first kappa shape index (κ1) is 14.8. The molecule has 5 heteroatoms. The molecule has 0 aliphatic carbocycles. The molecule has 0 aliphatic heterocycles. The lowest BCUT2D eigenvalue weighted by molar-refractivity contribution is -0.124. The van der Waals surface area contributed by atoms with Gasteiger partial charge in [-0.15, -0.1) is 0 Å². The fraction of sp³-hybridized carbons (Fsp3) is 0.333. The Bertz CT molecular complexity index is 638. The van der Waals surface area contributed by atoms with E-state index in [-0.39, 0.29) is 5.91 Å². The minimum absolute atomic E-state index is 0.0880. The Labute approximate surface area is 123 Å². The Morgan fingerprint density at radius 2 is 2.20 bits per heavy atom. The third kappa shape index (κ3) is 2.62. The molecule has 4 nitrogen and oxygen atoms in total. The summed E-state index contributed by atoms with van der Waals surface area (Å²) in [5, 5.41) is 4.33. The van der Waals surface area contributed by atoms with Crippen molar-refractivity contribution < 1.29 is 4.79 Å². The first-order valence-electron chi connectivity index (χ1n) is 6.56. The number of hydrogen-bond donors (Lipinski definition) is 2. The Kier molecular flexibility index (Phi) is 4.26. The van der Waals surface area contributed by atoms with Crippen molar-refractivity contribution in [2.75, 3.05) is 11.9 Å². The van der Waals surface area contributed by atoms with Crippen molar-refractivity contribution in [3.8, 4) is 0 Å². The number of amides is 1. The molecule has 2 rings (SSSR count). The molecule has 0 fully saturated rings. The van der Waals surface area contributed by atoms with Gasteiger partial charge >= 0.3 is 0 Å². The first-order valence-corrected chi connectivity index (χ1v) is 6.94. The van der Waals surface area contributed by atoms with Gasteiger partial charge in [0.05, 0.1) is 21.6 Å². The zero-order valence-corrected chi connectivity index (χ0v) is 12.4. The predicted molar refractivity (Wildman–Crippen MR) is 82.8 cm³/mol. The predicted octanol–water partition coefficient (Wildman–Crippen LogP) is 3.20. The Balaban J connectivity index is 2.40. The molecule has 0 spiro atoms.